The number of carbonyl (C=O) groups is 2. The van der Waals surface area contributed by atoms with Gasteiger partial charge in [-0.2, -0.15) is 0 Å². The van der Waals surface area contributed by atoms with Gasteiger partial charge in [0.2, 0.25) is 0 Å². The number of esters is 1. The van der Waals surface area contributed by atoms with Crippen LogP contribution in [0.5, 0.6) is 0 Å². The van der Waals surface area contributed by atoms with Crippen molar-refractivity contribution in [1.82, 2.24) is 14.7 Å². The van der Waals surface area contributed by atoms with Gasteiger partial charge in [-0.15, -0.1) is 0 Å². The summed E-state index contributed by atoms with van der Waals surface area (Å²) < 4.78 is 6.35. The first-order valence-electron chi connectivity index (χ1n) is 29.9. The molecule has 0 aromatic rings. The maximum absolute atomic E-state index is 14.5. The summed E-state index contributed by atoms with van der Waals surface area (Å²) in [6.07, 6.45) is 49.6. The highest BCUT2D eigenvalue weighted by Crippen LogP contribution is 2.43. The molecule has 1 N–H and O–H groups in total. The van der Waals surface area contributed by atoms with E-state index in [1.165, 1.54) is 238 Å². The molecule has 0 amide bonds. The first-order chi connectivity index (χ1) is 32.3. The number of hydrogen-bond acceptors (Lipinski definition) is 6. The van der Waals surface area contributed by atoms with Crippen LogP contribution < -0.4 is 0 Å². The zero-order valence-electron chi connectivity index (χ0n) is 45.4. The van der Waals surface area contributed by atoms with Gasteiger partial charge < -0.3 is 19.6 Å². The Kier molecular flexibility index (Phi) is 44.0. The number of hydrogen-bond donors (Lipinski definition) is 1. The first kappa shape index (κ1) is 62.8. The highest BCUT2D eigenvalue weighted by Gasteiger charge is 2.44. The van der Waals surface area contributed by atoms with Gasteiger partial charge in [-0.3, -0.25) is 14.5 Å². The van der Waals surface area contributed by atoms with E-state index in [1.54, 1.807) is 0 Å². The molecule has 1 aliphatic carbocycles. The van der Waals surface area contributed by atoms with Crippen LogP contribution >= 0.6 is 0 Å². The third kappa shape index (κ3) is 35.0. The zero-order chi connectivity index (χ0) is 48.0. The second-order valence-corrected chi connectivity index (χ2v) is 21.4. The van der Waals surface area contributed by atoms with E-state index < -0.39 is 11.4 Å². The molecular formula is C59H117N3O4. The summed E-state index contributed by atoms with van der Waals surface area (Å²) >= 11 is 0. The molecule has 0 unspecified atom stereocenters. The molecule has 0 aliphatic heterocycles. The number of rotatable bonds is 51. The predicted octanol–water partition coefficient (Wildman–Crippen LogP) is 16.8. The van der Waals surface area contributed by atoms with Crippen LogP contribution in [0.1, 0.15) is 291 Å². The zero-order valence-corrected chi connectivity index (χ0v) is 45.4. The lowest BCUT2D eigenvalue weighted by Crippen LogP contribution is -2.43. The van der Waals surface area contributed by atoms with Gasteiger partial charge in [-0.25, -0.2) is 0 Å². The fraction of sp³-hybridized carbons (Fsp3) is 0.966. The monoisotopic (exact) mass is 932 g/mol. The van der Waals surface area contributed by atoms with E-state index in [1.807, 2.05) is 0 Å². The second-order valence-electron chi connectivity index (χ2n) is 21.4. The summed E-state index contributed by atoms with van der Waals surface area (Å²) in [5, 5.41) is 9.98. The molecule has 7 heteroatoms. The van der Waals surface area contributed by atoms with Crippen molar-refractivity contribution in [2.45, 2.75) is 291 Å². The van der Waals surface area contributed by atoms with Crippen LogP contribution in [0.2, 0.25) is 0 Å². The average Bonchev–Trinajstić information content (AvgIpc) is 3.32. The summed E-state index contributed by atoms with van der Waals surface area (Å²) in [5.74, 6) is -1.10. The Morgan fingerprint density at radius 1 is 0.394 bits per heavy atom. The van der Waals surface area contributed by atoms with Crippen molar-refractivity contribution in [3.05, 3.63) is 0 Å². The van der Waals surface area contributed by atoms with Gasteiger partial charge in [0, 0.05) is 19.6 Å². The van der Waals surface area contributed by atoms with E-state index >= 15 is 0 Å². The third-order valence-electron chi connectivity index (χ3n) is 15.4. The Balaban J connectivity index is 3.05. The number of carboxylic acids is 1. The van der Waals surface area contributed by atoms with Crippen LogP contribution in [0.15, 0.2) is 0 Å². The maximum atomic E-state index is 14.5. The number of carbonyl (C=O) groups excluding carboxylic acids is 1. The number of unbranched alkanes of at least 4 members (excludes halogenated alkanes) is 30. The van der Waals surface area contributed by atoms with Crippen LogP contribution in [-0.4, -0.2) is 97.3 Å². The Labute approximate surface area is 412 Å². The molecule has 1 saturated carbocycles. The van der Waals surface area contributed by atoms with E-state index in [4.69, 9.17) is 4.74 Å². The quantitative estimate of drug-likeness (QED) is 0.0481. The minimum Gasteiger partial charge on any atom is -0.481 e. The highest BCUT2D eigenvalue weighted by atomic mass is 16.5. The molecule has 0 spiro atoms. The molecule has 0 aromatic heterocycles. The highest BCUT2D eigenvalue weighted by molar-refractivity contribution is 5.78. The van der Waals surface area contributed by atoms with E-state index in [0.717, 1.165) is 52.2 Å². The van der Waals surface area contributed by atoms with Crippen molar-refractivity contribution in [2.24, 2.45) is 11.3 Å². The number of aliphatic carboxylic acids is 1. The van der Waals surface area contributed by atoms with E-state index in [-0.39, 0.29) is 11.9 Å². The molecule has 0 aromatic carbocycles. The summed E-state index contributed by atoms with van der Waals surface area (Å²) in [6.45, 7) is 21.5. The lowest BCUT2D eigenvalue weighted by molar-refractivity contribution is -0.162. The summed E-state index contributed by atoms with van der Waals surface area (Å²) in [4.78, 5) is 34.7. The number of nitrogens with zero attached hydrogens (tertiary/aromatic N) is 3. The van der Waals surface area contributed by atoms with Gasteiger partial charge >= 0.3 is 11.9 Å². The Bertz CT molecular complexity index is 1010. The van der Waals surface area contributed by atoms with Crippen molar-refractivity contribution in [2.75, 3.05) is 65.5 Å². The van der Waals surface area contributed by atoms with Crippen LogP contribution in [-0.2, 0) is 14.3 Å². The van der Waals surface area contributed by atoms with Crippen molar-refractivity contribution < 1.29 is 19.4 Å². The molecule has 1 aliphatic rings. The average molecular weight is 933 g/mol. The number of ether oxygens (including phenoxy) is 1. The van der Waals surface area contributed by atoms with Crippen LogP contribution in [0, 0.1) is 11.3 Å². The van der Waals surface area contributed by atoms with E-state index in [2.05, 4.69) is 49.3 Å². The topological polar surface area (TPSA) is 73.3 Å². The van der Waals surface area contributed by atoms with Crippen molar-refractivity contribution in [3.63, 3.8) is 0 Å². The molecule has 0 saturated heterocycles. The summed E-state index contributed by atoms with van der Waals surface area (Å²) in [5.41, 5.74) is -0.582. The van der Waals surface area contributed by atoms with Crippen molar-refractivity contribution >= 4 is 11.9 Å². The lowest BCUT2D eigenvalue weighted by atomic mass is 9.68. The maximum Gasteiger partial charge on any atom is 0.312 e. The van der Waals surface area contributed by atoms with Gasteiger partial charge in [-0.1, -0.05) is 227 Å². The van der Waals surface area contributed by atoms with Gasteiger partial charge in [0.25, 0.3) is 0 Å². The predicted molar refractivity (Wildman–Crippen MR) is 287 cm³/mol. The van der Waals surface area contributed by atoms with Crippen molar-refractivity contribution in [1.29, 1.82) is 0 Å². The standard InChI is InChI=1S/C59H117N3O4/c1-6-11-16-21-26-31-36-46-60(47-37-32-27-22-17-12-7-2)52-53-62(50-40-35-30-25-20-15-10-5)51-45-59(43-41-56(42-44-59)57(63)64)58(65)66-55-54-61(48-38-33-28-23-18-13-8-3)49-39-34-29-24-19-14-9-4/h56H,6-55H2,1-5H3,(H,63,64). The van der Waals surface area contributed by atoms with E-state index in [9.17, 15) is 14.7 Å². The molecule has 0 heterocycles. The van der Waals surface area contributed by atoms with Crippen LogP contribution in [0.3, 0.4) is 0 Å². The van der Waals surface area contributed by atoms with Crippen LogP contribution in [0.25, 0.3) is 0 Å². The summed E-state index contributed by atoms with van der Waals surface area (Å²) in [6, 6.07) is 0. The normalized spacial score (nSPS) is 16.6. The first-order valence-corrected chi connectivity index (χ1v) is 29.9. The smallest absolute Gasteiger partial charge is 0.312 e. The minimum absolute atomic E-state index is 0.0477. The molecule has 0 radical (unpaired) electrons. The molecule has 0 bridgehead atoms. The van der Waals surface area contributed by atoms with E-state index in [0.29, 0.717) is 32.3 Å². The molecule has 66 heavy (non-hydrogen) atoms. The fourth-order valence-electron chi connectivity index (χ4n) is 10.5. The van der Waals surface area contributed by atoms with Gasteiger partial charge in [-0.05, 0) is 103 Å². The SMILES string of the molecule is CCCCCCCCCN(CCCCCCCCC)CCOC(=O)C1(CCN(CCCCCCCCC)CCN(CCCCCCCCC)CCCCCCCCC)CCC(C(=O)O)CC1. The van der Waals surface area contributed by atoms with Crippen molar-refractivity contribution in [3.8, 4) is 0 Å². The minimum atomic E-state index is -0.703. The van der Waals surface area contributed by atoms with Crippen LogP contribution in [0.4, 0.5) is 0 Å². The molecule has 1 fully saturated rings. The Hall–Kier alpha value is -1.18. The second kappa shape index (κ2) is 46.2. The summed E-state index contributed by atoms with van der Waals surface area (Å²) in [7, 11) is 0. The Morgan fingerprint density at radius 3 is 0.970 bits per heavy atom. The van der Waals surface area contributed by atoms with Gasteiger partial charge in [0.05, 0.1) is 11.3 Å². The molecule has 1 rings (SSSR count). The Morgan fingerprint density at radius 2 is 0.667 bits per heavy atom. The van der Waals surface area contributed by atoms with Gasteiger partial charge in [0.1, 0.15) is 6.61 Å². The number of carboxylic acid groups (broad SMARTS) is 1. The molecule has 7 nitrogen and oxygen atoms in total. The lowest BCUT2D eigenvalue weighted by Gasteiger charge is -2.39. The molecule has 392 valence electrons. The van der Waals surface area contributed by atoms with Gasteiger partial charge in [0.15, 0.2) is 0 Å². The third-order valence-corrected chi connectivity index (χ3v) is 15.4. The largest absolute Gasteiger partial charge is 0.481 e. The molecule has 0 atom stereocenters. The fourth-order valence-corrected chi connectivity index (χ4v) is 10.5. The molecular weight excluding hydrogens is 815 g/mol.